The summed E-state index contributed by atoms with van der Waals surface area (Å²) in [4.78, 5) is 51.3. The Labute approximate surface area is 152 Å². The van der Waals surface area contributed by atoms with Gasteiger partial charge in [0.1, 0.15) is 0 Å². The third-order valence-electron chi connectivity index (χ3n) is 4.30. The fraction of sp³-hybridized carbons (Fsp3) is 0.300. The first kappa shape index (κ1) is 19.3. The Morgan fingerprint density at radius 3 is 0.885 bits per heavy atom. The minimum absolute atomic E-state index is 0.336. The van der Waals surface area contributed by atoms with Crippen LogP contribution in [0.25, 0.3) is 10.8 Å². The average Bonchev–Trinajstić information content (AvgIpc) is 2.70. The number of carbonyl (C=O) groups excluding carboxylic acids is 4. The molecule has 0 aliphatic carbocycles. The zero-order chi connectivity index (χ0) is 19.8. The van der Waals surface area contributed by atoms with Gasteiger partial charge in [-0.2, -0.15) is 0 Å². The van der Waals surface area contributed by atoms with Crippen LogP contribution in [0, 0.1) is 0 Å². The Balaban J connectivity index is 0.000000570. The molecular weight excluding hydrogens is 332 g/mol. The fourth-order valence-corrected chi connectivity index (χ4v) is 3.12. The van der Waals surface area contributed by atoms with Gasteiger partial charge in [-0.3, -0.25) is 29.0 Å². The molecule has 2 aliphatic rings. The standard InChI is InChI=1S/C16H10N2O4.2C2H6/c1-17-13(19)7-3-5-9-12-10(16(22)18(2)15(9)21)6-4-8(11(7)12)14(17)20;2*1-2/h3-6H,1-2H3;2*1-2H3. The van der Waals surface area contributed by atoms with Gasteiger partial charge in [-0.25, -0.2) is 0 Å². The van der Waals surface area contributed by atoms with Crippen LogP contribution in [-0.2, 0) is 0 Å². The summed E-state index contributed by atoms with van der Waals surface area (Å²) in [6, 6.07) is 6.16. The van der Waals surface area contributed by atoms with Gasteiger partial charge >= 0.3 is 0 Å². The molecule has 0 saturated carbocycles. The highest BCUT2D eigenvalue weighted by Crippen LogP contribution is 2.36. The van der Waals surface area contributed by atoms with E-state index < -0.39 is 23.6 Å². The van der Waals surface area contributed by atoms with Crippen molar-refractivity contribution < 1.29 is 19.2 Å². The second-order valence-electron chi connectivity index (χ2n) is 5.41. The molecule has 4 amide bonds. The Morgan fingerprint density at radius 1 is 0.500 bits per heavy atom. The van der Waals surface area contributed by atoms with Gasteiger partial charge in [0, 0.05) is 47.1 Å². The van der Waals surface area contributed by atoms with E-state index in [1.807, 2.05) is 27.7 Å². The van der Waals surface area contributed by atoms with Gasteiger partial charge in [0.2, 0.25) is 0 Å². The number of hydrogen-bond acceptors (Lipinski definition) is 4. The van der Waals surface area contributed by atoms with Crippen molar-refractivity contribution in [3.63, 3.8) is 0 Å². The lowest BCUT2D eigenvalue weighted by Crippen LogP contribution is -2.40. The summed E-state index contributed by atoms with van der Waals surface area (Å²) in [5.41, 5.74) is 1.34. The van der Waals surface area contributed by atoms with Crippen molar-refractivity contribution >= 4 is 34.4 Å². The van der Waals surface area contributed by atoms with Crippen LogP contribution in [0.2, 0.25) is 0 Å². The van der Waals surface area contributed by atoms with Crippen LogP contribution < -0.4 is 0 Å². The predicted molar refractivity (Wildman–Crippen MR) is 99.5 cm³/mol. The van der Waals surface area contributed by atoms with Crippen LogP contribution in [0.1, 0.15) is 69.1 Å². The molecule has 0 aromatic heterocycles. The first-order valence-corrected chi connectivity index (χ1v) is 8.68. The molecule has 0 N–H and O–H groups in total. The Kier molecular flexibility index (Phi) is 5.25. The second kappa shape index (κ2) is 7.07. The summed E-state index contributed by atoms with van der Waals surface area (Å²) in [5, 5.41) is 0.802. The third kappa shape index (κ3) is 2.41. The normalized spacial score (nSPS) is 14.7. The van der Waals surface area contributed by atoms with Gasteiger partial charge in [-0.1, -0.05) is 27.7 Å². The van der Waals surface area contributed by atoms with E-state index in [0.29, 0.717) is 33.0 Å². The summed E-state index contributed by atoms with van der Waals surface area (Å²) in [5.74, 6) is -1.72. The zero-order valence-corrected chi connectivity index (χ0v) is 15.8. The highest BCUT2D eigenvalue weighted by molar-refractivity contribution is 6.33. The summed E-state index contributed by atoms with van der Waals surface area (Å²) >= 11 is 0. The fourth-order valence-electron chi connectivity index (χ4n) is 3.12. The Hall–Kier alpha value is -3.02. The third-order valence-corrected chi connectivity index (χ3v) is 4.30. The monoisotopic (exact) mass is 354 g/mol. The zero-order valence-electron chi connectivity index (χ0n) is 15.8. The smallest absolute Gasteiger partial charge is 0.261 e. The maximum Gasteiger partial charge on any atom is 0.261 e. The van der Waals surface area contributed by atoms with E-state index in [1.54, 1.807) is 0 Å². The van der Waals surface area contributed by atoms with E-state index in [2.05, 4.69) is 0 Å². The SMILES string of the molecule is CC.CC.CN1C(=O)c2ccc3c4c(ccc(c24)C1=O)C(=O)N(C)C3=O. The van der Waals surface area contributed by atoms with Crippen LogP contribution in [-0.4, -0.2) is 47.5 Å². The van der Waals surface area contributed by atoms with Crippen molar-refractivity contribution in [1.82, 2.24) is 9.80 Å². The summed E-state index contributed by atoms with van der Waals surface area (Å²) in [7, 11) is 2.83. The first-order chi connectivity index (χ1) is 12.4. The second-order valence-corrected chi connectivity index (χ2v) is 5.41. The van der Waals surface area contributed by atoms with Crippen LogP contribution >= 0.6 is 0 Å². The number of carbonyl (C=O) groups is 4. The highest BCUT2D eigenvalue weighted by Gasteiger charge is 2.37. The van der Waals surface area contributed by atoms with E-state index in [-0.39, 0.29) is 0 Å². The van der Waals surface area contributed by atoms with E-state index in [0.717, 1.165) is 9.80 Å². The number of hydrogen-bond donors (Lipinski definition) is 0. The van der Waals surface area contributed by atoms with E-state index in [4.69, 9.17) is 0 Å². The Bertz CT molecular complexity index is 799. The lowest BCUT2D eigenvalue weighted by molar-refractivity contribution is 0.0629. The molecule has 0 unspecified atom stereocenters. The molecule has 26 heavy (non-hydrogen) atoms. The maximum atomic E-state index is 12.3. The van der Waals surface area contributed by atoms with Crippen LogP contribution in [0.15, 0.2) is 24.3 Å². The molecule has 6 nitrogen and oxygen atoms in total. The molecule has 2 aromatic carbocycles. The predicted octanol–water partition coefficient (Wildman–Crippen LogP) is 3.34. The van der Waals surface area contributed by atoms with Gasteiger partial charge < -0.3 is 0 Å². The lowest BCUT2D eigenvalue weighted by Gasteiger charge is -2.29. The number of rotatable bonds is 0. The molecule has 0 atom stereocenters. The lowest BCUT2D eigenvalue weighted by atomic mass is 9.86. The molecule has 2 aliphatic heterocycles. The van der Waals surface area contributed by atoms with Gasteiger partial charge in [-0.15, -0.1) is 0 Å². The Morgan fingerprint density at radius 2 is 0.692 bits per heavy atom. The van der Waals surface area contributed by atoms with Crippen molar-refractivity contribution in [2.45, 2.75) is 27.7 Å². The molecule has 0 radical (unpaired) electrons. The van der Waals surface area contributed by atoms with E-state index in [1.165, 1.54) is 38.4 Å². The average molecular weight is 354 g/mol. The molecule has 4 rings (SSSR count). The van der Waals surface area contributed by atoms with Crippen molar-refractivity contribution in [3.8, 4) is 0 Å². The number of nitrogens with zero attached hydrogens (tertiary/aromatic N) is 2. The number of imide groups is 2. The van der Waals surface area contributed by atoms with Crippen molar-refractivity contribution in [1.29, 1.82) is 0 Å². The molecule has 0 saturated heterocycles. The molecule has 2 heterocycles. The molecule has 0 fully saturated rings. The van der Waals surface area contributed by atoms with E-state index >= 15 is 0 Å². The summed E-state index contributed by atoms with van der Waals surface area (Å²) in [6.07, 6.45) is 0. The molecular formula is C20H22N2O4. The summed E-state index contributed by atoms with van der Waals surface area (Å²) in [6.45, 7) is 8.00. The van der Waals surface area contributed by atoms with Gasteiger partial charge in [0.25, 0.3) is 23.6 Å². The minimum Gasteiger partial charge on any atom is -0.277 e. The number of benzene rings is 2. The maximum absolute atomic E-state index is 12.3. The molecule has 2 aromatic rings. The molecule has 6 heteroatoms. The first-order valence-electron chi connectivity index (χ1n) is 8.68. The van der Waals surface area contributed by atoms with Crippen molar-refractivity contribution in [2.75, 3.05) is 14.1 Å². The molecule has 0 bridgehead atoms. The molecule has 136 valence electrons. The summed E-state index contributed by atoms with van der Waals surface area (Å²) < 4.78 is 0. The van der Waals surface area contributed by atoms with Crippen LogP contribution in [0.4, 0.5) is 0 Å². The van der Waals surface area contributed by atoms with E-state index in [9.17, 15) is 19.2 Å². The van der Waals surface area contributed by atoms with Gasteiger partial charge in [0.15, 0.2) is 0 Å². The van der Waals surface area contributed by atoms with Crippen molar-refractivity contribution in [2.24, 2.45) is 0 Å². The van der Waals surface area contributed by atoms with Gasteiger partial charge in [-0.05, 0) is 24.3 Å². The number of amides is 4. The molecule has 0 spiro atoms. The van der Waals surface area contributed by atoms with Crippen molar-refractivity contribution in [3.05, 3.63) is 46.5 Å². The topological polar surface area (TPSA) is 74.8 Å². The minimum atomic E-state index is -0.431. The largest absolute Gasteiger partial charge is 0.277 e. The highest BCUT2D eigenvalue weighted by atomic mass is 16.2. The quantitative estimate of drug-likeness (QED) is 0.680. The van der Waals surface area contributed by atoms with Crippen LogP contribution in [0.3, 0.4) is 0 Å². The van der Waals surface area contributed by atoms with Crippen LogP contribution in [0.5, 0.6) is 0 Å². The van der Waals surface area contributed by atoms with Gasteiger partial charge in [0.05, 0.1) is 0 Å².